The van der Waals surface area contributed by atoms with Gasteiger partial charge in [-0.3, -0.25) is 0 Å². The van der Waals surface area contributed by atoms with E-state index in [1.54, 1.807) is 12.1 Å². The average molecular weight is 300 g/mol. The lowest BCUT2D eigenvalue weighted by Gasteiger charge is -2.06. The van der Waals surface area contributed by atoms with Gasteiger partial charge in [0.05, 0.1) is 4.90 Å². The normalized spacial score (nSPS) is 11.3. The van der Waals surface area contributed by atoms with E-state index in [-0.39, 0.29) is 22.1 Å². The van der Waals surface area contributed by atoms with Crippen molar-refractivity contribution in [2.75, 3.05) is 17.3 Å². The first-order chi connectivity index (χ1) is 8.84. The number of hydrogen-bond donors (Lipinski definition) is 2. The smallest absolute Gasteiger partial charge is 0.233 e. The van der Waals surface area contributed by atoms with Crippen LogP contribution in [0.25, 0.3) is 0 Å². The van der Waals surface area contributed by atoms with Gasteiger partial charge in [-0.1, -0.05) is 0 Å². The number of rotatable bonds is 3. The fraction of sp³-hybridized carbons (Fsp3) is 0.100. The molecule has 1 aromatic heterocycles. The molecule has 0 atom stereocenters. The van der Waals surface area contributed by atoms with Crippen molar-refractivity contribution in [2.45, 2.75) is 4.90 Å². The topological polar surface area (TPSA) is 111 Å². The fourth-order valence-corrected chi connectivity index (χ4v) is 2.13. The molecule has 0 aliphatic rings. The Bertz CT molecular complexity index is 682. The Kier molecular flexibility index (Phi) is 3.54. The van der Waals surface area contributed by atoms with Crippen LogP contribution in [0.5, 0.6) is 0 Å². The molecule has 7 nitrogen and oxygen atoms in total. The van der Waals surface area contributed by atoms with Gasteiger partial charge in [-0.15, -0.1) is 0 Å². The SMILES string of the molecule is CS(=O)(=O)c1ccc(Nc2nc(N)nc(Cl)n2)cc1. The maximum Gasteiger partial charge on any atom is 0.233 e. The van der Waals surface area contributed by atoms with Gasteiger partial charge >= 0.3 is 0 Å². The summed E-state index contributed by atoms with van der Waals surface area (Å²) in [5.41, 5.74) is 6.03. The van der Waals surface area contributed by atoms with Crippen LogP contribution in [0.4, 0.5) is 17.6 Å². The number of nitrogen functional groups attached to an aromatic ring is 1. The summed E-state index contributed by atoms with van der Waals surface area (Å²) >= 11 is 5.64. The third kappa shape index (κ3) is 3.52. The van der Waals surface area contributed by atoms with Crippen molar-refractivity contribution in [1.82, 2.24) is 15.0 Å². The minimum Gasteiger partial charge on any atom is -0.368 e. The third-order valence-electron chi connectivity index (χ3n) is 2.16. The molecule has 0 aliphatic heterocycles. The Morgan fingerprint density at radius 3 is 2.32 bits per heavy atom. The predicted molar refractivity (Wildman–Crippen MR) is 72.1 cm³/mol. The van der Waals surface area contributed by atoms with Crippen molar-refractivity contribution >= 4 is 39.0 Å². The minimum absolute atomic E-state index is 0.00439. The molecule has 0 aliphatic carbocycles. The third-order valence-corrected chi connectivity index (χ3v) is 3.46. The highest BCUT2D eigenvalue weighted by molar-refractivity contribution is 7.90. The first-order valence-corrected chi connectivity index (χ1v) is 7.36. The molecular weight excluding hydrogens is 290 g/mol. The molecule has 1 aromatic carbocycles. The Morgan fingerprint density at radius 1 is 1.16 bits per heavy atom. The van der Waals surface area contributed by atoms with Gasteiger partial charge in [0.2, 0.25) is 17.2 Å². The molecule has 2 aromatic rings. The number of nitrogens with one attached hydrogen (secondary N) is 1. The van der Waals surface area contributed by atoms with Crippen LogP contribution in [0, 0.1) is 0 Å². The van der Waals surface area contributed by atoms with Gasteiger partial charge in [-0.2, -0.15) is 15.0 Å². The van der Waals surface area contributed by atoms with Crippen molar-refractivity contribution in [3.05, 3.63) is 29.5 Å². The van der Waals surface area contributed by atoms with Gasteiger partial charge in [0, 0.05) is 11.9 Å². The summed E-state index contributed by atoms with van der Waals surface area (Å²) in [6.07, 6.45) is 1.14. The fourth-order valence-electron chi connectivity index (χ4n) is 1.34. The number of nitrogens with two attached hydrogens (primary N) is 1. The zero-order valence-corrected chi connectivity index (χ0v) is 11.4. The van der Waals surface area contributed by atoms with Crippen LogP contribution >= 0.6 is 11.6 Å². The van der Waals surface area contributed by atoms with E-state index in [0.717, 1.165) is 6.26 Å². The van der Waals surface area contributed by atoms with E-state index in [1.807, 2.05) is 0 Å². The van der Waals surface area contributed by atoms with Crippen LogP contribution in [0.15, 0.2) is 29.2 Å². The molecule has 0 amide bonds. The number of benzene rings is 1. The Balaban J connectivity index is 2.24. The summed E-state index contributed by atoms with van der Waals surface area (Å²) in [6.45, 7) is 0. The Labute approximate surface area is 114 Å². The van der Waals surface area contributed by atoms with Gasteiger partial charge in [-0.05, 0) is 35.9 Å². The molecule has 0 fully saturated rings. The van der Waals surface area contributed by atoms with E-state index in [1.165, 1.54) is 12.1 Å². The molecule has 19 heavy (non-hydrogen) atoms. The molecule has 0 spiro atoms. The molecule has 0 saturated heterocycles. The summed E-state index contributed by atoms with van der Waals surface area (Å²) in [5.74, 6) is 0.180. The maximum atomic E-state index is 11.3. The molecule has 2 rings (SSSR count). The number of hydrogen-bond acceptors (Lipinski definition) is 7. The van der Waals surface area contributed by atoms with Gasteiger partial charge < -0.3 is 11.1 Å². The van der Waals surface area contributed by atoms with Crippen LogP contribution < -0.4 is 11.1 Å². The summed E-state index contributed by atoms with van der Waals surface area (Å²) in [6, 6.07) is 6.13. The Morgan fingerprint density at radius 2 is 1.79 bits per heavy atom. The summed E-state index contributed by atoms with van der Waals surface area (Å²) in [4.78, 5) is 11.5. The van der Waals surface area contributed by atoms with Crippen LogP contribution in [-0.2, 0) is 9.84 Å². The van der Waals surface area contributed by atoms with Crippen molar-refractivity contribution in [3.63, 3.8) is 0 Å². The molecular formula is C10H10ClN5O2S. The number of sulfone groups is 1. The quantitative estimate of drug-likeness (QED) is 0.877. The molecule has 100 valence electrons. The minimum atomic E-state index is -3.22. The van der Waals surface area contributed by atoms with Crippen molar-refractivity contribution < 1.29 is 8.42 Å². The number of halogens is 1. The van der Waals surface area contributed by atoms with E-state index in [0.29, 0.717) is 5.69 Å². The standard InChI is InChI=1S/C10H10ClN5O2S/c1-19(17,18)7-4-2-6(3-5-7)13-10-15-8(11)14-9(12)16-10/h2-5H,1H3,(H3,12,13,14,15,16). The van der Waals surface area contributed by atoms with Crippen molar-refractivity contribution in [1.29, 1.82) is 0 Å². The largest absolute Gasteiger partial charge is 0.368 e. The van der Waals surface area contributed by atoms with E-state index in [9.17, 15) is 8.42 Å². The molecule has 0 bridgehead atoms. The first kappa shape index (κ1) is 13.5. The lowest BCUT2D eigenvalue weighted by molar-refractivity contribution is 0.602. The van der Waals surface area contributed by atoms with E-state index < -0.39 is 9.84 Å². The second kappa shape index (κ2) is 4.98. The van der Waals surface area contributed by atoms with Crippen molar-refractivity contribution in [2.24, 2.45) is 0 Å². The van der Waals surface area contributed by atoms with Crippen molar-refractivity contribution in [3.8, 4) is 0 Å². The monoisotopic (exact) mass is 299 g/mol. The zero-order chi connectivity index (χ0) is 14.0. The molecule has 3 N–H and O–H groups in total. The second-order valence-electron chi connectivity index (χ2n) is 3.71. The lowest BCUT2D eigenvalue weighted by atomic mass is 10.3. The highest BCUT2D eigenvalue weighted by Gasteiger charge is 2.07. The molecule has 9 heteroatoms. The number of anilines is 3. The molecule has 0 saturated carbocycles. The first-order valence-electron chi connectivity index (χ1n) is 5.09. The highest BCUT2D eigenvalue weighted by atomic mass is 35.5. The number of nitrogens with zero attached hydrogens (tertiary/aromatic N) is 3. The molecule has 1 heterocycles. The van der Waals surface area contributed by atoms with E-state index >= 15 is 0 Å². The van der Waals surface area contributed by atoms with E-state index in [2.05, 4.69) is 20.3 Å². The van der Waals surface area contributed by atoms with Crippen LogP contribution in [-0.4, -0.2) is 29.6 Å². The molecule has 0 radical (unpaired) electrons. The van der Waals surface area contributed by atoms with E-state index in [4.69, 9.17) is 17.3 Å². The zero-order valence-electron chi connectivity index (χ0n) is 9.83. The average Bonchev–Trinajstić information content (AvgIpc) is 2.26. The Hall–Kier alpha value is -1.93. The predicted octanol–water partition coefficient (Wildman–Crippen LogP) is 1.25. The summed E-state index contributed by atoms with van der Waals surface area (Å²) < 4.78 is 22.6. The van der Waals surface area contributed by atoms with Crippen LogP contribution in [0.3, 0.4) is 0 Å². The highest BCUT2D eigenvalue weighted by Crippen LogP contribution is 2.17. The van der Waals surface area contributed by atoms with Gasteiger partial charge in [0.15, 0.2) is 9.84 Å². The lowest BCUT2D eigenvalue weighted by Crippen LogP contribution is -2.03. The maximum absolute atomic E-state index is 11.3. The number of aromatic nitrogens is 3. The summed E-state index contributed by atoms with van der Waals surface area (Å²) in [7, 11) is -3.22. The molecule has 0 unspecified atom stereocenters. The summed E-state index contributed by atoms with van der Waals surface area (Å²) in [5, 5.41) is 2.82. The van der Waals surface area contributed by atoms with Crippen LogP contribution in [0.2, 0.25) is 5.28 Å². The van der Waals surface area contributed by atoms with Gasteiger partial charge in [0.25, 0.3) is 0 Å². The second-order valence-corrected chi connectivity index (χ2v) is 6.06. The van der Waals surface area contributed by atoms with Gasteiger partial charge in [0.1, 0.15) is 0 Å². The van der Waals surface area contributed by atoms with Gasteiger partial charge in [-0.25, -0.2) is 8.42 Å². The van der Waals surface area contributed by atoms with Crippen LogP contribution in [0.1, 0.15) is 0 Å².